The van der Waals surface area contributed by atoms with Gasteiger partial charge in [0.05, 0.1) is 5.69 Å². The normalized spacial score (nSPS) is 18.6. The molecule has 0 aliphatic carbocycles. The number of hydrogen-bond donors (Lipinski definition) is 3. The molecule has 4 N–H and O–H groups in total. The van der Waals surface area contributed by atoms with Crippen molar-refractivity contribution in [1.82, 2.24) is 5.32 Å². The molecule has 5 heteroatoms. The molecule has 1 aliphatic heterocycles. The van der Waals surface area contributed by atoms with Gasteiger partial charge in [0.2, 0.25) is 0 Å². The Morgan fingerprint density at radius 1 is 1.41 bits per heavy atom. The molecular weight excluding hydrogens is 346 g/mol. The van der Waals surface area contributed by atoms with Crippen molar-refractivity contribution in [2.75, 3.05) is 25.0 Å². The minimum atomic E-state index is 0.423. The molecule has 0 amide bonds. The molecule has 17 heavy (non-hydrogen) atoms. The van der Waals surface area contributed by atoms with E-state index in [-0.39, 0.29) is 0 Å². The molecule has 94 valence electrons. The Morgan fingerprint density at radius 2 is 2.24 bits per heavy atom. The van der Waals surface area contributed by atoms with E-state index in [1.54, 1.807) is 0 Å². The topological polar surface area (TPSA) is 50.1 Å². The van der Waals surface area contributed by atoms with Crippen molar-refractivity contribution in [2.24, 2.45) is 5.73 Å². The van der Waals surface area contributed by atoms with Crippen molar-refractivity contribution >= 4 is 37.5 Å². The monoisotopic (exact) mass is 361 g/mol. The van der Waals surface area contributed by atoms with E-state index >= 15 is 0 Å². The first-order chi connectivity index (χ1) is 8.22. The molecule has 0 fully saturated rings. The molecular formula is C12H17Br2N3. The SMILES string of the molecule is NCCCN[C@H]1CCNc2c(Br)cc(Br)cc21. The molecule has 3 nitrogen and oxygen atoms in total. The van der Waals surface area contributed by atoms with E-state index < -0.39 is 0 Å². The van der Waals surface area contributed by atoms with Crippen LogP contribution in [0, 0.1) is 0 Å². The highest BCUT2D eigenvalue weighted by molar-refractivity contribution is 9.11. The van der Waals surface area contributed by atoms with Crippen LogP contribution in [-0.2, 0) is 0 Å². The summed E-state index contributed by atoms with van der Waals surface area (Å²) in [6.07, 6.45) is 2.13. The number of benzene rings is 1. The average Bonchev–Trinajstić information content (AvgIpc) is 2.30. The lowest BCUT2D eigenvalue weighted by molar-refractivity contribution is 0.495. The fourth-order valence-electron chi connectivity index (χ4n) is 2.14. The van der Waals surface area contributed by atoms with E-state index in [2.05, 4.69) is 54.6 Å². The first-order valence-corrected chi connectivity index (χ1v) is 7.47. The number of nitrogens with one attached hydrogen (secondary N) is 2. The zero-order valence-corrected chi connectivity index (χ0v) is 12.8. The molecule has 0 bridgehead atoms. The third kappa shape index (κ3) is 3.22. The van der Waals surface area contributed by atoms with Gasteiger partial charge in [0.1, 0.15) is 0 Å². The van der Waals surface area contributed by atoms with Gasteiger partial charge in [0, 0.05) is 21.5 Å². The van der Waals surface area contributed by atoms with Crippen LogP contribution >= 0.6 is 31.9 Å². The molecule has 0 spiro atoms. The number of halogens is 2. The summed E-state index contributed by atoms with van der Waals surface area (Å²) >= 11 is 7.15. The first kappa shape index (κ1) is 13.3. The molecule has 0 aromatic heterocycles. The van der Waals surface area contributed by atoms with Gasteiger partial charge in [-0.2, -0.15) is 0 Å². The Bertz CT molecular complexity index is 396. The lowest BCUT2D eigenvalue weighted by Gasteiger charge is -2.28. The van der Waals surface area contributed by atoms with E-state index in [9.17, 15) is 0 Å². The number of rotatable bonds is 4. The van der Waals surface area contributed by atoms with Crippen LogP contribution < -0.4 is 16.4 Å². The Labute approximate surface area is 119 Å². The second-order valence-corrected chi connectivity index (χ2v) is 5.99. The standard InChI is InChI=1S/C12H17Br2N3/c13-8-6-9-11(16-4-1-3-15)2-5-17-12(9)10(14)7-8/h6-7,11,16-17H,1-5,15H2/t11-/m0/s1. The summed E-state index contributed by atoms with van der Waals surface area (Å²) in [5.74, 6) is 0. The zero-order valence-electron chi connectivity index (χ0n) is 9.60. The average molecular weight is 363 g/mol. The smallest absolute Gasteiger partial charge is 0.0533 e. The van der Waals surface area contributed by atoms with Gasteiger partial charge >= 0.3 is 0 Å². The van der Waals surface area contributed by atoms with Crippen LogP contribution in [0.5, 0.6) is 0 Å². The van der Waals surface area contributed by atoms with Gasteiger partial charge in [-0.15, -0.1) is 0 Å². The van der Waals surface area contributed by atoms with Gasteiger partial charge in [-0.3, -0.25) is 0 Å². The van der Waals surface area contributed by atoms with Crippen molar-refractivity contribution < 1.29 is 0 Å². The van der Waals surface area contributed by atoms with Crippen LogP contribution in [0.1, 0.15) is 24.4 Å². The van der Waals surface area contributed by atoms with E-state index in [0.29, 0.717) is 6.04 Å². The van der Waals surface area contributed by atoms with Crippen LogP contribution in [-0.4, -0.2) is 19.6 Å². The van der Waals surface area contributed by atoms with Crippen molar-refractivity contribution in [3.05, 3.63) is 26.6 Å². The van der Waals surface area contributed by atoms with Gasteiger partial charge in [-0.25, -0.2) is 0 Å². The third-order valence-corrected chi connectivity index (χ3v) is 4.05. The van der Waals surface area contributed by atoms with E-state index in [4.69, 9.17) is 5.73 Å². The number of anilines is 1. The van der Waals surface area contributed by atoms with Crippen LogP contribution in [0.3, 0.4) is 0 Å². The fourth-order valence-corrected chi connectivity index (χ4v) is 3.54. The van der Waals surface area contributed by atoms with Crippen molar-refractivity contribution in [3.8, 4) is 0 Å². The molecule has 1 heterocycles. The molecule has 0 unspecified atom stereocenters. The highest BCUT2D eigenvalue weighted by atomic mass is 79.9. The quantitative estimate of drug-likeness (QED) is 0.721. The van der Waals surface area contributed by atoms with E-state index in [1.807, 2.05) is 0 Å². The second-order valence-electron chi connectivity index (χ2n) is 4.22. The summed E-state index contributed by atoms with van der Waals surface area (Å²) in [6.45, 7) is 2.73. The lowest BCUT2D eigenvalue weighted by atomic mass is 9.98. The maximum atomic E-state index is 5.52. The van der Waals surface area contributed by atoms with E-state index in [0.717, 1.165) is 41.4 Å². The zero-order chi connectivity index (χ0) is 12.3. The Morgan fingerprint density at radius 3 is 3.00 bits per heavy atom. The summed E-state index contributed by atoms with van der Waals surface area (Å²) in [7, 11) is 0. The molecule has 1 aromatic carbocycles. The lowest BCUT2D eigenvalue weighted by Crippen LogP contribution is -2.30. The Kier molecular flexibility index (Phi) is 4.85. The maximum absolute atomic E-state index is 5.52. The van der Waals surface area contributed by atoms with E-state index in [1.165, 1.54) is 11.3 Å². The molecule has 1 atom stereocenters. The molecule has 1 aliphatic rings. The number of hydrogen-bond acceptors (Lipinski definition) is 3. The van der Waals surface area contributed by atoms with Gasteiger partial charge < -0.3 is 16.4 Å². The molecule has 0 saturated heterocycles. The Hall–Kier alpha value is -0.100. The molecule has 0 radical (unpaired) electrons. The van der Waals surface area contributed by atoms with Crippen LogP contribution in [0.4, 0.5) is 5.69 Å². The highest BCUT2D eigenvalue weighted by Gasteiger charge is 2.21. The van der Waals surface area contributed by atoms with Crippen LogP contribution in [0.15, 0.2) is 21.1 Å². The van der Waals surface area contributed by atoms with Gasteiger partial charge in [0.15, 0.2) is 0 Å². The summed E-state index contributed by atoms with van der Waals surface area (Å²) < 4.78 is 2.23. The largest absolute Gasteiger partial charge is 0.384 e. The number of fused-ring (bicyclic) bond motifs is 1. The van der Waals surface area contributed by atoms with Gasteiger partial charge in [0.25, 0.3) is 0 Å². The predicted octanol–water partition coefficient (Wildman–Crippen LogP) is 3.01. The minimum Gasteiger partial charge on any atom is -0.384 e. The fraction of sp³-hybridized carbons (Fsp3) is 0.500. The maximum Gasteiger partial charge on any atom is 0.0533 e. The minimum absolute atomic E-state index is 0.423. The second kappa shape index (κ2) is 6.18. The summed E-state index contributed by atoms with van der Waals surface area (Å²) in [5, 5.41) is 7.02. The van der Waals surface area contributed by atoms with Crippen LogP contribution in [0.25, 0.3) is 0 Å². The van der Waals surface area contributed by atoms with Crippen molar-refractivity contribution in [2.45, 2.75) is 18.9 Å². The van der Waals surface area contributed by atoms with Crippen molar-refractivity contribution in [3.63, 3.8) is 0 Å². The molecule has 2 rings (SSSR count). The van der Waals surface area contributed by atoms with Crippen LogP contribution in [0.2, 0.25) is 0 Å². The Balaban J connectivity index is 2.18. The number of nitrogens with two attached hydrogens (primary N) is 1. The third-order valence-electron chi connectivity index (χ3n) is 2.97. The summed E-state index contributed by atoms with van der Waals surface area (Å²) in [5.41, 5.74) is 8.06. The van der Waals surface area contributed by atoms with Crippen molar-refractivity contribution in [1.29, 1.82) is 0 Å². The highest BCUT2D eigenvalue weighted by Crippen LogP contribution is 2.37. The summed E-state index contributed by atoms with van der Waals surface area (Å²) in [4.78, 5) is 0. The van der Waals surface area contributed by atoms with Gasteiger partial charge in [-0.1, -0.05) is 15.9 Å². The molecule has 0 saturated carbocycles. The van der Waals surface area contributed by atoms with Gasteiger partial charge in [-0.05, 0) is 59.6 Å². The molecule has 1 aromatic rings. The summed E-state index contributed by atoms with van der Waals surface area (Å²) in [6, 6.07) is 4.69. The predicted molar refractivity (Wildman–Crippen MR) is 79.4 cm³/mol. The first-order valence-electron chi connectivity index (χ1n) is 5.88.